The lowest BCUT2D eigenvalue weighted by molar-refractivity contribution is 0.221. The van der Waals surface area contributed by atoms with Crippen molar-refractivity contribution in [2.75, 3.05) is 0 Å². The maximum Gasteiger partial charge on any atom is 0.130 e. The molecule has 0 unspecified atom stereocenters. The minimum Gasteiger partial charge on any atom is -0.239 e. The summed E-state index contributed by atoms with van der Waals surface area (Å²) in [5, 5.41) is 0. The normalized spacial score (nSPS) is 13.1. The SMILES string of the molecule is CC(C)(F)c1ccc(-c2ccc(-c3c4c(c(-c5ccc(-c6ccc(C(C)(C)F)cc6)s5)c5nsnc35)N=S=N4)s2)cc1. The second kappa shape index (κ2) is 10.1. The van der Waals surface area contributed by atoms with E-state index in [9.17, 15) is 8.78 Å². The van der Waals surface area contributed by atoms with E-state index in [0.717, 1.165) is 64.2 Å². The van der Waals surface area contributed by atoms with Crippen LogP contribution in [0.3, 0.4) is 0 Å². The highest BCUT2D eigenvalue weighted by molar-refractivity contribution is 7.58. The number of nitrogens with zero attached hydrogens (tertiary/aromatic N) is 4. The fourth-order valence-electron chi connectivity index (χ4n) is 5.04. The molecule has 1 aliphatic heterocycles. The Balaban J connectivity index is 1.29. The highest BCUT2D eigenvalue weighted by atomic mass is 32.1. The van der Waals surface area contributed by atoms with Gasteiger partial charge in [0.25, 0.3) is 0 Å². The molecule has 10 heteroatoms. The van der Waals surface area contributed by atoms with Crippen LogP contribution < -0.4 is 0 Å². The molecule has 4 nitrogen and oxygen atoms in total. The first-order chi connectivity index (χ1) is 20.1. The number of rotatable bonds is 6. The van der Waals surface area contributed by atoms with Crippen LogP contribution in [-0.2, 0) is 22.7 Å². The van der Waals surface area contributed by atoms with Gasteiger partial charge in [0.2, 0.25) is 0 Å². The van der Waals surface area contributed by atoms with Gasteiger partial charge < -0.3 is 0 Å². The Morgan fingerprint density at radius 3 is 1.29 bits per heavy atom. The molecule has 0 fully saturated rings. The van der Waals surface area contributed by atoms with Crippen molar-refractivity contribution in [3.63, 3.8) is 0 Å². The van der Waals surface area contributed by atoms with Crippen molar-refractivity contribution in [3.05, 3.63) is 83.9 Å². The number of alkyl halides is 2. The van der Waals surface area contributed by atoms with Crippen LogP contribution in [-0.4, -0.2) is 8.75 Å². The largest absolute Gasteiger partial charge is 0.239 e. The highest BCUT2D eigenvalue weighted by Gasteiger charge is 2.28. The van der Waals surface area contributed by atoms with E-state index >= 15 is 0 Å². The first kappa shape index (κ1) is 27.4. The van der Waals surface area contributed by atoms with Gasteiger partial charge >= 0.3 is 0 Å². The number of halogens is 2. The van der Waals surface area contributed by atoms with Crippen molar-refractivity contribution in [1.29, 1.82) is 0 Å². The monoisotopic (exact) mass is 630 g/mol. The van der Waals surface area contributed by atoms with Gasteiger partial charge in [-0.15, -0.1) is 22.7 Å². The molecule has 0 radical (unpaired) electrons. The summed E-state index contributed by atoms with van der Waals surface area (Å²) in [7, 11) is 0. The van der Waals surface area contributed by atoms with E-state index in [1.807, 2.05) is 48.5 Å². The molecule has 0 spiro atoms. The van der Waals surface area contributed by atoms with E-state index in [4.69, 9.17) is 17.5 Å². The molecule has 0 saturated carbocycles. The summed E-state index contributed by atoms with van der Waals surface area (Å²) in [6.45, 7) is 6.27. The summed E-state index contributed by atoms with van der Waals surface area (Å²) in [4.78, 5) is 4.22. The number of fused-ring (bicyclic) bond motifs is 2. The maximum absolute atomic E-state index is 14.4. The molecule has 3 aromatic carbocycles. The second-order valence-electron chi connectivity index (χ2n) is 11.1. The van der Waals surface area contributed by atoms with Gasteiger partial charge in [-0.2, -0.15) is 17.5 Å². The summed E-state index contributed by atoms with van der Waals surface area (Å²) < 4.78 is 47.7. The molecular weight excluding hydrogens is 607 g/mol. The summed E-state index contributed by atoms with van der Waals surface area (Å²) in [5.41, 5.74) is 5.71. The van der Waals surface area contributed by atoms with Crippen molar-refractivity contribution < 1.29 is 8.78 Å². The highest BCUT2D eigenvalue weighted by Crippen LogP contribution is 2.54. The maximum atomic E-state index is 14.4. The van der Waals surface area contributed by atoms with Crippen LogP contribution in [0.4, 0.5) is 20.2 Å². The first-order valence-electron chi connectivity index (χ1n) is 13.3. The van der Waals surface area contributed by atoms with Crippen molar-refractivity contribution in [3.8, 4) is 41.8 Å². The van der Waals surface area contributed by atoms with Crippen LogP contribution in [0.5, 0.6) is 0 Å². The van der Waals surface area contributed by atoms with Gasteiger partial charge in [0, 0.05) is 30.6 Å². The minimum atomic E-state index is -1.38. The Kier molecular flexibility index (Phi) is 6.58. The molecule has 0 bridgehead atoms. The molecule has 0 N–H and O–H groups in total. The summed E-state index contributed by atoms with van der Waals surface area (Å²) in [5.74, 6) is 0. The lowest BCUT2D eigenvalue weighted by Gasteiger charge is -2.14. The Labute approximate surface area is 257 Å². The second-order valence-corrected chi connectivity index (χ2v) is 14.3. The molecular formula is C32H24F2N4S4. The molecule has 0 amide bonds. The molecule has 0 saturated heterocycles. The van der Waals surface area contributed by atoms with Gasteiger partial charge in [-0.25, -0.2) is 8.78 Å². The van der Waals surface area contributed by atoms with E-state index in [-0.39, 0.29) is 0 Å². The van der Waals surface area contributed by atoms with Gasteiger partial charge in [0.05, 0.1) is 23.1 Å². The van der Waals surface area contributed by atoms with Crippen molar-refractivity contribution in [1.82, 2.24) is 8.75 Å². The van der Waals surface area contributed by atoms with Gasteiger partial charge in [-0.3, -0.25) is 0 Å². The third-order valence-electron chi connectivity index (χ3n) is 7.34. The van der Waals surface area contributed by atoms with E-state index in [2.05, 4.69) is 24.3 Å². The topological polar surface area (TPSA) is 50.5 Å². The molecule has 42 heavy (non-hydrogen) atoms. The average molecular weight is 631 g/mol. The lowest BCUT2D eigenvalue weighted by atomic mass is 9.98. The molecule has 4 heterocycles. The van der Waals surface area contributed by atoms with Crippen LogP contribution in [0.2, 0.25) is 0 Å². The zero-order valence-electron chi connectivity index (χ0n) is 23.1. The van der Waals surface area contributed by atoms with Crippen LogP contribution in [0, 0.1) is 0 Å². The molecule has 7 rings (SSSR count). The smallest absolute Gasteiger partial charge is 0.130 e. The number of thiophene rings is 2. The van der Waals surface area contributed by atoms with Gasteiger partial charge in [0.15, 0.2) is 0 Å². The number of hydrogen-bond donors (Lipinski definition) is 0. The zero-order chi connectivity index (χ0) is 29.2. The van der Waals surface area contributed by atoms with Crippen molar-refractivity contribution in [2.45, 2.75) is 39.0 Å². The predicted molar refractivity (Wildman–Crippen MR) is 175 cm³/mol. The van der Waals surface area contributed by atoms with E-state index in [1.165, 1.54) is 23.1 Å². The Hall–Kier alpha value is -3.44. The van der Waals surface area contributed by atoms with Crippen LogP contribution in [0.25, 0.3) is 52.8 Å². The Morgan fingerprint density at radius 1 is 0.524 bits per heavy atom. The molecule has 210 valence electrons. The summed E-state index contributed by atoms with van der Waals surface area (Å²) >= 11 is 5.67. The zero-order valence-corrected chi connectivity index (χ0v) is 26.4. The molecule has 0 aliphatic carbocycles. The average Bonchev–Trinajstić information content (AvgIpc) is 3.77. The predicted octanol–water partition coefficient (Wildman–Crippen LogP) is 11.6. The number of aromatic nitrogens is 2. The molecule has 0 atom stereocenters. The summed E-state index contributed by atoms with van der Waals surface area (Å²) in [6, 6.07) is 23.6. The quantitative estimate of drug-likeness (QED) is 0.184. The number of hydrogen-bond acceptors (Lipinski definition) is 7. The van der Waals surface area contributed by atoms with Crippen LogP contribution >= 0.6 is 34.4 Å². The lowest BCUT2D eigenvalue weighted by Crippen LogP contribution is -2.08. The van der Waals surface area contributed by atoms with E-state index in [1.54, 1.807) is 50.4 Å². The van der Waals surface area contributed by atoms with Crippen LogP contribution in [0.1, 0.15) is 38.8 Å². The molecule has 6 aromatic rings. The van der Waals surface area contributed by atoms with Crippen molar-refractivity contribution >= 4 is 68.2 Å². The summed E-state index contributed by atoms with van der Waals surface area (Å²) in [6.07, 6.45) is 0. The van der Waals surface area contributed by atoms with E-state index in [0.29, 0.717) is 11.1 Å². The third kappa shape index (κ3) is 4.76. The third-order valence-corrected chi connectivity index (χ3v) is 10.7. The van der Waals surface area contributed by atoms with Crippen molar-refractivity contribution in [2.24, 2.45) is 8.73 Å². The Bertz CT molecular complexity index is 1890. The fraction of sp³-hybridized carbons (Fsp3) is 0.188. The van der Waals surface area contributed by atoms with Gasteiger partial charge in [0.1, 0.15) is 33.7 Å². The van der Waals surface area contributed by atoms with Gasteiger partial charge in [-0.1, -0.05) is 48.5 Å². The molecule has 3 aromatic heterocycles. The number of benzene rings is 3. The Morgan fingerprint density at radius 2 is 0.905 bits per heavy atom. The first-order valence-corrected chi connectivity index (χ1v) is 16.4. The van der Waals surface area contributed by atoms with Gasteiger partial charge in [-0.05, 0) is 74.2 Å². The molecule has 1 aliphatic rings. The van der Waals surface area contributed by atoms with Crippen LogP contribution in [0.15, 0.2) is 81.5 Å². The standard InChI is InChI=1S/C32H24F2N4S4/c1-31(2,33)19-9-5-17(6-10-19)21-13-15-23(39-21)25-27-29(37-41-35-27)26(30-28(25)36-42-38-30)24-16-14-22(40-24)18-7-11-20(12-8-18)32(3,4)34/h5-16H,1-4H3. The van der Waals surface area contributed by atoms with E-state index < -0.39 is 11.3 Å². The fourth-order valence-corrected chi connectivity index (χ4v) is 8.28. The minimum absolute atomic E-state index is 0.654.